The van der Waals surface area contributed by atoms with Gasteiger partial charge in [0.05, 0.1) is 11.6 Å². The lowest BCUT2D eigenvalue weighted by Gasteiger charge is -1.98. The van der Waals surface area contributed by atoms with E-state index in [0.717, 1.165) is 16.7 Å². The van der Waals surface area contributed by atoms with Crippen LogP contribution in [0.25, 0.3) is 11.5 Å². The zero-order valence-electron chi connectivity index (χ0n) is 12.0. The van der Waals surface area contributed by atoms with E-state index >= 15 is 0 Å². The molecule has 0 saturated carbocycles. The van der Waals surface area contributed by atoms with E-state index in [1.807, 2.05) is 49.4 Å². The van der Waals surface area contributed by atoms with Crippen molar-refractivity contribution in [1.29, 1.82) is 5.26 Å². The van der Waals surface area contributed by atoms with Crippen LogP contribution in [0.3, 0.4) is 0 Å². The SMILES string of the molecule is Cc1cccc(-c2nnc(SCc3cccc(C#N)c3)o2)c1. The summed E-state index contributed by atoms with van der Waals surface area (Å²) in [6, 6.07) is 17.6. The largest absolute Gasteiger partial charge is 0.411 e. The molecule has 0 unspecified atom stereocenters. The first-order valence-corrected chi connectivity index (χ1v) is 7.75. The molecule has 2 aromatic carbocycles. The third-order valence-electron chi connectivity index (χ3n) is 3.09. The molecular weight excluding hydrogens is 294 g/mol. The summed E-state index contributed by atoms with van der Waals surface area (Å²) in [5.41, 5.74) is 3.78. The number of rotatable bonds is 4. The number of hydrogen-bond donors (Lipinski definition) is 0. The summed E-state index contributed by atoms with van der Waals surface area (Å²) in [5, 5.41) is 17.6. The Labute approximate surface area is 132 Å². The van der Waals surface area contributed by atoms with Crippen molar-refractivity contribution < 1.29 is 4.42 Å². The number of nitriles is 1. The van der Waals surface area contributed by atoms with Gasteiger partial charge in [0.15, 0.2) is 0 Å². The molecular formula is C17H13N3OS. The summed E-state index contributed by atoms with van der Waals surface area (Å²) in [6.45, 7) is 2.03. The van der Waals surface area contributed by atoms with Crippen molar-refractivity contribution in [2.24, 2.45) is 0 Å². The van der Waals surface area contributed by atoms with Crippen molar-refractivity contribution in [3.63, 3.8) is 0 Å². The minimum atomic E-state index is 0.525. The minimum Gasteiger partial charge on any atom is -0.411 e. The van der Waals surface area contributed by atoms with Crippen LogP contribution in [0, 0.1) is 18.3 Å². The van der Waals surface area contributed by atoms with Crippen LogP contribution in [0.4, 0.5) is 0 Å². The molecule has 0 bridgehead atoms. The zero-order valence-corrected chi connectivity index (χ0v) is 12.8. The summed E-state index contributed by atoms with van der Waals surface area (Å²) < 4.78 is 5.68. The highest BCUT2D eigenvalue weighted by Gasteiger charge is 2.09. The third-order valence-corrected chi connectivity index (χ3v) is 3.98. The second-order valence-electron chi connectivity index (χ2n) is 4.84. The maximum absolute atomic E-state index is 8.90. The molecule has 0 aliphatic rings. The van der Waals surface area contributed by atoms with Crippen molar-refractivity contribution in [2.75, 3.05) is 0 Å². The van der Waals surface area contributed by atoms with E-state index in [0.29, 0.717) is 22.4 Å². The summed E-state index contributed by atoms with van der Waals surface area (Å²) in [5.74, 6) is 1.21. The van der Waals surface area contributed by atoms with Crippen molar-refractivity contribution in [3.05, 3.63) is 65.2 Å². The lowest BCUT2D eigenvalue weighted by molar-refractivity contribution is 0.466. The van der Waals surface area contributed by atoms with E-state index in [1.54, 1.807) is 6.07 Å². The third kappa shape index (κ3) is 3.35. The van der Waals surface area contributed by atoms with Gasteiger partial charge in [-0.1, -0.05) is 41.6 Å². The van der Waals surface area contributed by atoms with Crippen LogP contribution in [-0.4, -0.2) is 10.2 Å². The van der Waals surface area contributed by atoms with Crippen molar-refractivity contribution in [2.45, 2.75) is 17.9 Å². The van der Waals surface area contributed by atoms with E-state index in [9.17, 15) is 0 Å². The molecule has 22 heavy (non-hydrogen) atoms. The van der Waals surface area contributed by atoms with Gasteiger partial charge in [0, 0.05) is 11.3 Å². The second kappa shape index (κ2) is 6.46. The molecule has 0 spiro atoms. The number of aryl methyl sites for hydroxylation is 1. The second-order valence-corrected chi connectivity index (χ2v) is 5.77. The maximum Gasteiger partial charge on any atom is 0.277 e. The number of aromatic nitrogens is 2. The Morgan fingerprint density at radius 2 is 2.00 bits per heavy atom. The monoisotopic (exact) mass is 307 g/mol. The van der Waals surface area contributed by atoms with Crippen LogP contribution in [0.2, 0.25) is 0 Å². The lowest BCUT2D eigenvalue weighted by atomic mass is 10.1. The first kappa shape index (κ1) is 14.4. The topological polar surface area (TPSA) is 62.7 Å². The molecule has 0 radical (unpaired) electrons. The van der Waals surface area contributed by atoms with Crippen LogP contribution < -0.4 is 0 Å². The molecule has 0 atom stereocenters. The van der Waals surface area contributed by atoms with Crippen molar-refractivity contribution in [1.82, 2.24) is 10.2 Å². The summed E-state index contributed by atoms with van der Waals surface area (Å²) in [4.78, 5) is 0. The molecule has 5 heteroatoms. The molecule has 0 fully saturated rings. The van der Waals surface area contributed by atoms with Crippen LogP contribution in [0.1, 0.15) is 16.7 Å². The number of nitrogens with zero attached hydrogens (tertiary/aromatic N) is 3. The molecule has 1 heterocycles. The van der Waals surface area contributed by atoms with Gasteiger partial charge in [-0.2, -0.15) is 5.26 Å². The van der Waals surface area contributed by atoms with Crippen LogP contribution >= 0.6 is 11.8 Å². The average Bonchev–Trinajstić information content (AvgIpc) is 3.02. The highest BCUT2D eigenvalue weighted by Crippen LogP contribution is 2.26. The normalized spacial score (nSPS) is 10.4. The van der Waals surface area contributed by atoms with Gasteiger partial charge in [-0.25, -0.2) is 0 Å². The fourth-order valence-corrected chi connectivity index (χ4v) is 2.74. The lowest BCUT2D eigenvalue weighted by Crippen LogP contribution is -1.82. The molecule has 3 rings (SSSR count). The fourth-order valence-electron chi connectivity index (χ4n) is 2.04. The molecule has 0 saturated heterocycles. The first-order chi connectivity index (χ1) is 10.7. The van der Waals surface area contributed by atoms with E-state index in [-0.39, 0.29) is 0 Å². The van der Waals surface area contributed by atoms with Gasteiger partial charge in [0.25, 0.3) is 5.22 Å². The Hall–Kier alpha value is -2.58. The number of benzene rings is 2. The van der Waals surface area contributed by atoms with Gasteiger partial charge >= 0.3 is 0 Å². The van der Waals surface area contributed by atoms with E-state index < -0.39 is 0 Å². The van der Waals surface area contributed by atoms with Gasteiger partial charge in [-0.15, -0.1) is 10.2 Å². The molecule has 3 aromatic rings. The molecule has 0 aliphatic carbocycles. The Morgan fingerprint density at radius 3 is 2.82 bits per heavy atom. The van der Waals surface area contributed by atoms with E-state index in [4.69, 9.17) is 9.68 Å². The standard InChI is InChI=1S/C17H13N3OS/c1-12-4-2-7-15(8-12)16-19-20-17(21-16)22-11-14-6-3-5-13(9-14)10-18/h2-9H,11H2,1H3. The average molecular weight is 307 g/mol. The van der Waals surface area contributed by atoms with Crippen molar-refractivity contribution in [3.8, 4) is 17.5 Å². The molecule has 0 amide bonds. The fraction of sp³-hybridized carbons (Fsp3) is 0.118. The summed E-state index contributed by atoms with van der Waals surface area (Å²) in [6.07, 6.45) is 0. The molecule has 0 aliphatic heterocycles. The number of hydrogen-bond acceptors (Lipinski definition) is 5. The van der Waals surface area contributed by atoms with E-state index in [1.165, 1.54) is 11.8 Å². The Morgan fingerprint density at radius 1 is 1.14 bits per heavy atom. The van der Waals surface area contributed by atoms with Gasteiger partial charge in [0.1, 0.15) is 0 Å². The smallest absolute Gasteiger partial charge is 0.277 e. The predicted octanol–water partition coefficient (Wildman–Crippen LogP) is 4.21. The van der Waals surface area contributed by atoms with Crippen LogP contribution in [0.5, 0.6) is 0 Å². The van der Waals surface area contributed by atoms with Gasteiger partial charge < -0.3 is 4.42 Å². The predicted molar refractivity (Wildman–Crippen MR) is 85.2 cm³/mol. The first-order valence-electron chi connectivity index (χ1n) is 6.77. The van der Waals surface area contributed by atoms with Crippen molar-refractivity contribution >= 4 is 11.8 Å². The highest BCUT2D eigenvalue weighted by molar-refractivity contribution is 7.98. The Kier molecular flexibility index (Phi) is 4.22. The zero-order chi connectivity index (χ0) is 15.4. The maximum atomic E-state index is 8.90. The molecule has 0 N–H and O–H groups in total. The minimum absolute atomic E-state index is 0.525. The highest BCUT2D eigenvalue weighted by atomic mass is 32.2. The summed E-state index contributed by atoms with van der Waals surface area (Å²) in [7, 11) is 0. The number of thioether (sulfide) groups is 1. The van der Waals surface area contributed by atoms with Gasteiger partial charge in [-0.05, 0) is 36.8 Å². The van der Waals surface area contributed by atoms with Gasteiger partial charge in [-0.3, -0.25) is 0 Å². The molecule has 1 aromatic heterocycles. The quantitative estimate of drug-likeness (QED) is 0.676. The Balaban J connectivity index is 1.71. The Bertz CT molecular complexity index is 836. The van der Waals surface area contributed by atoms with Crippen LogP contribution in [-0.2, 0) is 5.75 Å². The van der Waals surface area contributed by atoms with Crippen LogP contribution in [0.15, 0.2) is 58.2 Å². The van der Waals surface area contributed by atoms with E-state index in [2.05, 4.69) is 16.3 Å². The molecule has 4 nitrogen and oxygen atoms in total. The summed E-state index contributed by atoms with van der Waals surface area (Å²) >= 11 is 1.46. The molecule has 108 valence electrons. The van der Waals surface area contributed by atoms with Gasteiger partial charge in [0.2, 0.25) is 5.89 Å².